The molecule has 9 heteroatoms. The summed E-state index contributed by atoms with van der Waals surface area (Å²) in [6.45, 7) is -0.612. The predicted molar refractivity (Wildman–Crippen MR) is 74.5 cm³/mol. The van der Waals surface area contributed by atoms with Gasteiger partial charge < -0.3 is 29.8 Å². The fraction of sp³-hybridized carbons (Fsp3) is 1.00. The van der Waals surface area contributed by atoms with Crippen LogP contribution in [-0.4, -0.2) is 56.3 Å². The lowest BCUT2D eigenvalue weighted by atomic mass is 10.1. The minimum absolute atomic E-state index is 0. The Hall–Kier alpha value is -0.0500. The molecule has 1 rings (SSSR count). The van der Waals surface area contributed by atoms with Crippen molar-refractivity contribution in [2.45, 2.75) is 61.7 Å². The van der Waals surface area contributed by atoms with E-state index in [4.69, 9.17) is 25.1 Å². The van der Waals surface area contributed by atoms with Gasteiger partial charge in [0.05, 0.1) is 6.61 Å². The third-order valence-corrected chi connectivity index (χ3v) is 2.23. The van der Waals surface area contributed by atoms with Gasteiger partial charge >= 0.3 is 7.82 Å². The average Bonchev–Trinajstić information content (AvgIpc) is 2.28. The lowest BCUT2D eigenvalue weighted by Crippen LogP contribution is -2.34. The fourth-order valence-corrected chi connectivity index (χ4v) is 1.38. The van der Waals surface area contributed by atoms with Crippen molar-refractivity contribution in [2.75, 3.05) is 6.61 Å². The molecule has 4 atom stereocenters. The van der Waals surface area contributed by atoms with Crippen molar-refractivity contribution >= 4 is 7.82 Å². The van der Waals surface area contributed by atoms with Gasteiger partial charge in [0.25, 0.3) is 0 Å². The smallest absolute Gasteiger partial charge is 0.387 e. The zero-order valence-corrected chi connectivity index (χ0v) is 7.82. The normalized spacial score (nSPS) is 28.7. The maximum Gasteiger partial charge on any atom is 0.469 e. The summed E-state index contributed by atoms with van der Waals surface area (Å²) in [7, 11) is -4.64. The molecule has 1 unspecified atom stereocenters. The molecule has 0 saturated carbocycles. The summed E-state index contributed by atoms with van der Waals surface area (Å²) in [5.74, 6) is 0. The highest BCUT2D eigenvalue weighted by Gasteiger charge is 2.42. The van der Waals surface area contributed by atoms with Crippen molar-refractivity contribution in [2.24, 2.45) is 0 Å². The molecule has 0 amide bonds. The zero-order chi connectivity index (χ0) is 10.9. The molecule has 1 fully saturated rings. The highest BCUT2D eigenvalue weighted by molar-refractivity contribution is 7.46. The van der Waals surface area contributed by atoms with Gasteiger partial charge in [-0.15, -0.1) is 0 Å². The number of hydrogen-bond acceptors (Lipinski definition) is 6. The Balaban J connectivity index is -0.000000131. The largest absolute Gasteiger partial charge is 0.469 e. The van der Waals surface area contributed by atoms with Crippen LogP contribution in [0.25, 0.3) is 0 Å². The van der Waals surface area contributed by atoms with E-state index in [9.17, 15) is 4.57 Å². The van der Waals surface area contributed by atoms with Crippen LogP contribution in [0, 0.1) is 0 Å². The lowest BCUT2D eigenvalue weighted by Gasteiger charge is -2.14. The molecular formula is C10H31O8P. The van der Waals surface area contributed by atoms with Crippen LogP contribution in [0.1, 0.15) is 37.1 Å². The first-order chi connectivity index (χ1) is 6.31. The van der Waals surface area contributed by atoms with Crippen LogP contribution in [-0.2, 0) is 13.8 Å². The molecule has 5 N–H and O–H groups in total. The third kappa shape index (κ3) is 9.48. The summed E-state index contributed by atoms with van der Waals surface area (Å²) in [6.07, 6.45) is -5.67. The Kier molecular flexibility index (Phi) is 19.4. The standard InChI is InChI=1S/C5H11O8P.5CH4/c6-3-2(1-12-14(9,10)11)13-5(8)4(3)7;;;;;/h2-8H,1H2,(H2,9,10,11);5*1H4/t2-,3-,4-,5?;;;;;/m1...../s1. The molecule has 8 nitrogen and oxygen atoms in total. The first-order valence-electron chi connectivity index (χ1n) is 3.71. The summed E-state index contributed by atoms with van der Waals surface area (Å²) in [5, 5.41) is 27.0. The molecule has 0 aromatic rings. The predicted octanol–water partition coefficient (Wildman–Crippen LogP) is 0.715. The van der Waals surface area contributed by atoms with Gasteiger partial charge in [-0.1, -0.05) is 37.1 Å². The van der Waals surface area contributed by atoms with Crippen molar-refractivity contribution < 1.29 is 38.9 Å². The molecule has 0 aliphatic carbocycles. The Morgan fingerprint density at radius 1 is 0.947 bits per heavy atom. The summed E-state index contributed by atoms with van der Waals surface area (Å²) in [5.41, 5.74) is 0. The lowest BCUT2D eigenvalue weighted by molar-refractivity contribution is -0.132. The van der Waals surface area contributed by atoms with E-state index in [-0.39, 0.29) is 37.1 Å². The molecule has 19 heavy (non-hydrogen) atoms. The summed E-state index contributed by atoms with van der Waals surface area (Å²) in [6, 6.07) is 0. The summed E-state index contributed by atoms with van der Waals surface area (Å²) in [4.78, 5) is 16.6. The zero-order valence-electron chi connectivity index (χ0n) is 6.92. The SMILES string of the molecule is C.C.C.C.C.O=P(O)(O)OC[C@H]1OC(O)[C@H](O)[C@@H]1O. The number of hydrogen-bond donors (Lipinski definition) is 5. The highest BCUT2D eigenvalue weighted by atomic mass is 31.2. The second-order valence-corrected chi connectivity index (χ2v) is 4.07. The van der Waals surface area contributed by atoms with Crippen LogP contribution >= 0.6 is 7.82 Å². The van der Waals surface area contributed by atoms with Gasteiger partial charge in [-0.2, -0.15) is 0 Å². The van der Waals surface area contributed by atoms with E-state index in [0.29, 0.717) is 0 Å². The van der Waals surface area contributed by atoms with E-state index in [0.717, 1.165) is 0 Å². The van der Waals surface area contributed by atoms with Crippen LogP contribution in [0.5, 0.6) is 0 Å². The molecular weight excluding hydrogens is 279 g/mol. The molecule has 0 spiro atoms. The number of aliphatic hydroxyl groups excluding tert-OH is 3. The van der Waals surface area contributed by atoms with Crippen molar-refractivity contribution in [3.05, 3.63) is 0 Å². The fourth-order valence-electron chi connectivity index (χ4n) is 1.04. The second kappa shape index (κ2) is 11.7. The van der Waals surface area contributed by atoms with Crippen LogP contribution in [0.4, 0.5) is 0 Å². The maximum absolute atomic E-state index is 10.3. The van der Waals surface area contributed by atoms with E-state index >= 15 is 0 Å². The van der Waals surface area contributed by atoms with E-state index in [1.165, 1.54) is 0 Å². The Bertz CT molecular complexity index is 244. The molecule has 124 valence electrons. The molecule has 1 aliphatic rings. The van der Waals surface area contributed by atoms with Crippen LogP contribution in [0.3, 0.4) is 0 Å². The van der Waals surface area contributed by atoms with Gasteiger partial charge in [-0.3, -0.25) is 4.52 Å². The Morgan fingerprint density at radius 3 is 1.63 bits per heavy atom. The topological polar surface area (TPSA) is 137 Å². The number of phosphoric ester groups is 1. The first kappa shape index (κ1) is 31.4. The third-order valence-electron chi connectivity index (χ3n) is 1.74. The van der Waals surface area contributed by atoms with E-state index < -0.39 is 39.0 Å². The minimum Gasteiger partial charge on any atom is -0.387 e. The second-order valence-electron chi connectivity index (χ2n) is 2.83. The molecule has 1 saturated heterocycles. The van der Waals surface area contributed by atoms with Gasteiger partial charge in [-0.25, -0.2) is 4.57 Å². The monoisotopic (exact) mass is 310 g/mol. The van der Waals surface area contributed by atoms with Gasteiger partial charge in [0.15, 0.2) is 6.29 Å². The Morgan fingerprint density at radius 2 is 1.37 bits per heavy atom. The number of ether oxygens (including phenoxy) is 1. The van der Waals surface area contributed by atoms with Gasteiger partial charge in [0, 0.05) is 0 Å². The van der Waals surface area contributed by atoms with Crippen LogP contribution in [0.2, 0.25) is 0 Å². The van der Waals surface area contributed by atoms with E-state index in [1.54, 1.807) is 0 Å². The van der Waals surface area contributed by atoms with Gasteiger partial charge in [-0.05, 0) is 0 Å². The van der Waals surface area contributed by atoms with Crippen molar-refractivity contribution in [3.63, 3.8) is 0 Å². The Labute approximate surface area is 116 Å². The highest BCUT2D eigenvalue weighted by Crippen LogP contribution is 2.36. The van der Waals surface area contributed by atoms with Crippen molar-refractivity contribution in [1.82, 2.24) is 0 Å². The molecule has 0 bridgehead atoms. The van der Waals surface area contributed by atoms with E-state index in [2.05, 4.69) is 9.26 Å². The quantitative estimate of drug-likeness (QED) is 0.481. The molecule has 1 aliphatic heterocycles. The van der Waals surface area contributed by atoms with E-state index in [1.807, 2.05) is 0 Å². The molecule has 1 heterocycles. The van der Waals surface area contributed by atoms with Gasteiger partial charge in [0.1, 0.15) is 18.3 Å². The summed E-state index contributed by atoms with van der Waals surface area (Å²) < 4.78 is 18.9. The molecule has 0 aromatic heterocycles. The minimum atomic E-state index is -4.64. The number of rotatable bonds is 3. The molecule has 0 radical (unpaired) electrons. The van der Waals surface area contributed by atoms with Gasteiger partial charge in [0.2, 0.25) is 0 Å². The maximum atomic E-state index is 10.3. The van der Waals surface area contributed by atoms with Crippen molar-refractivity contribution in [3.8, 4) is 0 Å². The first-order valence-corrected chi connectivity index (χ1v) is 5.24. The van der Waals surface area contributed by atoms with Crippen LogP contribution in [0.15, 0.2) is 0 Å². The van der Waals surface area contributed by atoms with Crippen LogP contribution < -0.4 is 0 Å². The number of phosphoric acid groups is 1. The molecule has 0 aromatic carbocycles. The average molecular weight is 310 g/mol. The summed E-state index contributed by atoms with van der Waals surface area (Å²) >= 11 is 0. The number of aliphatic hydroxyl groups is 3. The van der Waals surface area contributed by atoms with Crippen molar-refractivity contribution in [1.29, 1.82) is 0 Å².